The molecule has 0 unspecified atom stereocenters. The topological polar surface area (TPSA) is 128 Å². The first-order valence-electron chi connectivity index (χ1n) is 7.03. The molecule has 0 radical (unpaired) electrons. The van der Waals surface area contributed by atoms with Crippen molar-refractivity contribution in [3.63, 3.8) is 0 Å². The molecule has 0 saturated heterocycles. The molecule has 1 heterocycles. The van der Waals surface area contributed by atoms with E-state index in [2.05, 4.69) is 16.5 Å². The Bertz CT molecular complexity index is 888. The molecule has 0 spiro atoms. The van der Waals surface area contributed by atoms with Gasteiger partial charge >= 0.3 is 11.2 Å². The third-order valence-corrected chi connectivity index (χ3v) is 3.06. The van der Waals surface area contributed by atoms with Gasteiger partial charge in [0.1, 0.15) is 12.4 Å². The van der Waals surface area contributed by atoms with Gasteiger partial charge in [-0.2, -0.15) is 4.98 Å². The average Bonchev–Trinajstić information content (AvgIpc) is 2.57. The molecule has 9 nitrogen and oxygen atoms in total. The summed E-state index contributed by atoms with van der Waals surface area (Å²) in [6.45, 7) is 3.90. The number of aromatic amines is 1. The van der Waals surface area contributed by atoms with Crippen LogP contribution in [-0.2, 0) is 0 Å². The summed E-state index contributed by atoms with van der Waals surface area (Å²) in [5.74, 6) is 0.0641. The van der Waals surface area contributed by atoms with Crippen LogP contribution in [-0.4, -0.2) is 33.7 Å². The number of methoxy groups -OCH3 is 1. The summed E-state index contributed by atoms with van der Waals surface area (Å²) in [5.41, 5.74) is -1.34. The predicted octanol–water partition coefficient (Wildman–Crippen LogP) is 2.13. The summed E-state index contributed by atoms with van der Waals surface area (Å²) in [6, 6.07) is 5.13. The van der Waals surface area contributed by atoms with Crippen LogP contribution in [0.15, 0.2) is 35.6 Å². The van der Waals surface area contributed by atoms with Gasteiger partial charge in [-0.3, -0.25) is 14.9 Å². The number of hydrogen-bond donors (Lipinski definition) is 2. The summed E-state index contributed by atoms with van der Waals surface area (Å²) in [7, 11) is 1.50. The fraction of sp³-hybridized carbons (Fsp3) is 0.125. The minimum Gasteiger partial charge on any atom is -0.493 e. The quantitative estimate of drug-likeness (QED) is 0.447. The molecule has 2 rings (SSSR count). The summed E-state index contributed by atoms with van der Waals surface area (Å²) < 4.78 is 10.7. The molecule has 0 aliphatic rings. The van der Waals surface area contributed by atoms with E-state index in [1.165, 1.54) is 13.2 Å². The largest absolute Gasteiger partial charge is 0.493 e. The molecule has 1 aromatic carbocycles. The number of H-pyrrole nitrogens is 1. The van der Waals surface area contributed by atoms with Gasteiger partial charge in [0, 0.05) is 0 Å². The van der Waals surface area contributed by atoms with Crippen molar-refractivity contribution in [3.05, 3.63) is 62.7 Å². The lowest BCUT2D eigenvalue weighted by Gasteiger charge is -2.09. The summed E-state index contributed by atoms with van der Waals surface area (Å²) >= 11 is 0. The Morgan fingerprint density at radius 3 is 2.76 bits per heavy atom. The molecule has 0 bridgehead atoms. The fourth-order valence-electron chi connectivity index (χ4n) is 1.95. The van der Waals surface area contributed by atoms with Gasteiger partial charge in [-0.05, 0) is 23.8 Å². The standard InChI is InChI=1S/C16H15N3O6/c1-3-8-25-11-6-4-10(9-12(11)24-2)5-7-13-17-15(20)14(19(22)23)16(21)18-13/h3-7,9H,1,8H2,2H3,(H2,17,18,20,21)/b7-5+. The maximum atomic E-state index is 11.6. The lowest BCUT2D eigenvalue weighted by Crippen LogP contribution is -2.14. The first kappa shape index (κ1) is 17.7. The number of nitro groups is 1. The van der Waals surface area contributed by atoms with Crippen LogP contribution in [0.3, 0.4) is 0 Å². The summed E-state index contributed by atoms with van der Waals surface area (Å²) in [4.78, 5) is 27.0. The van der Waals surface area contributed by atoms with Crippen molar-refractivity contribution in [2.45, 2.75) is 0 Å². The van der Waals surface area contributed by atoms with E-state index in [9.17, 15) is 20.0 Å². The zero-order valence-electron chi connectivity index (χ0n) is 13.3. The van der Waals surface area contributed by atoms with E-state index in [1.54, 1.807) is 30.4 Å². The number of nitrogens with zero attached hydrogens (tertiary/aromatic N) is 2. The second-order valence-electron chi connectivity index (χ2n) is 4.72. The Kier molecular flexibility index (Phi) is 5.51. The van der Waals surface area contributed by atoms with Gasteiger partial charge in [0.2, 0.25) is 0 Å². The van der Waals surface area contributed by atoms with E-state index in [4.69, 9.17) is 9.47 Å². The van der Waals surface area contributed by atoms with Crippen LogP contribution in [0.1, 0.15) is 11.4 Å². The Balaban J connectivity index is 2.29. The van der Waals surface area contributed by atoms with Crippen LogP contribution in [0.25, 0.3) is 12.2 Å². The van der Waals surface area contributed by atoms with Crippen LogP contribution in [0.4, 0.5) is 5.69 Å². The van der Waals surface area contributed by atoms with Crippen molar-refractivity contribution < 1.29 is 19.5 Å². The third kappa shape index (κ3) is 4.22. The fourth-order valence-corrected chi connectivity index (χ4v) is 1.95. The molecule has 1 aromatic heterocycles. The minimum atomic E-state index is -1.04. The maximum absolute atomic E-state index is 11.6. The highest BCUT2D eigenvalue weighted by molar-refractivity contribution is 5.68. The number of ether oxygens (including phenoxy) is 2. The zero-order chi connectivity index (χ0) is 18.4. The van der Waals surface area contributed by atoms with E-state index < -0.39 is 22.0 Å². The Morgan fingerprint density at radius 2 is 2.16 bits per heavy atom. The van der Waals surface area contributed by atoms with Gasteiger partial charge in [-0.1, -0.05) is 24.8 Å². The van der Waals surface area contributed by atoms with Gasteiger partial charge in [-0.25, -0.2) is 0 Å². The number of benzene rings is 1. The number of aromatic hydroxyl groups is 1. The van der Waals surface area contributed by atoms with E-state index in [0.29, 0.717) is 23.7 Å². The SMILES string of the molecule is C=CCOc1ccc(/C=C/c2nc(O)c([N+](=O)[O-])c(=O)[nH]2)cc1OC. The first-order valence-corrected chi connectivity index (χ1v) is 7.03. The van der Waals surface area contributed by atoms with Crippen molar-refractivity contribution in [1.29, 1.82) is 0 Å². The smallest absolute Gasteiger partial charge is 0.395 e. The highest BCUT2D eigenvalue weighted by atomic mass is 16.6. The molecule has 0 saturated carbocycles. The van der Waals surface area contributed by atoms with E-state index in [-0.39, 0.29) is 5.82 Å². The van der Waals surface area contributed by atoms with Crippen LogP contribution >= 0.6 is 0 Å². The zero-order valence-corrected chi connectivity index (χ0v) is 13.3. The van der Waals surface area contributed by atoms with Gasteiger partial charge in [0.05, 0.1) is 12.0 Å². The van der Waals surface area contributed by atoms with Gasteiger partial charge in [0.15, 0.2) is 11.5 Å². The summed E-state index contributed by atoms with van der Waals surface area (Å²) in [6.07, 6.45) is 4.59. The van der Waals surface area contributed by atoms with Crippen LogP contribution in [0, 0.1) is 10.1 Å². The third-order valence-electron chi connectivity index (χ3n) is 3.06. The van der Waals surface area contributed by atoms with Gasteiger partial charge in [0.25, 0.3) is 5.88 Å². The van der Waals surface area contributed by atoms with Crippen molar-refractivity contribution in [2.75, 3.05) is 13.7 Å². The normalized spacial score (nSPS) is 10.6. The number of rotatable bonds is 7. The monoisotopic (exact) mass is 345 g/mol. The molecule has 0 aliphatic heterocycles. The molecule has 0 aliphatic carbocycles. The van der Waals surface area contributed by atoms with Crippen LogP contribution in [0.2, 0.25) is 0 Å². The maximum Gasteiger partial charge on any atom is 0.395 e. The molecule has 2 N–H and O–H groups in total. The molecule has 130 valence electrons. The molecule has 9 heteroatoms. The number of nitrogens with one attached hydrogen (secondary N) is 1. The first-order chi connectivity index (χ1) is 12.0. The van der Waals surface area contributed by atoms with Crippen molar-refractivity contribution in [1.82, 2.24) is 9.97 Å². The van der Waals surface area contributed by atoms with Gasteiger partial charge < -0.3 is 19.6 Å². The van der Waals surface area contributed by atoms with Crippen LogP contribution in [0.5, 0.6) is 17.4 Å². The van der Waals surface area contributed by atoms with E-state index >= 15 is 0 Å². The second kappa shape index (κ2) is 7.77. The molecule has 2 aromatic rings. The Morgan fingerprint density at radius 1 is 1.40 bits per heavy atom. The molecule has 0 fully saturated rings. The summed E-state index contributed by atoms with van der Waals surface area (Å²) in [5, 5.41) is 20.1. The lowest BCUT2D eigenvalue weighted by atomic mass is 10.2. The van der Waals surface area contributed by atoms with E-state index in [0.717, 1.165) is 0 Å². The highest BCUT2D eigenvalue weighted by Crippen LogP contribution is 2.28. The van der Waals surface area contributed by atoms with E-state index in [1.807, 2.05) is 0 Å². The lowest BCUT2D eigenvalue weighted by molar-refractivity contribution is -0.387. The predicted molar refractivity (Wildman–Crippen MR) is 90.8 cm³/mol. The average molecular weight is 345 g/mol. The Labute approximate surface area is 142 Å². The molecular weight excluding hydrogens is 330 g/mol. The highest BCUT2D eigenvalue weighted by Gasteiger charge is 2.21. The molecule has 25 heavy (non-hydrogen) atoms. The van der Waals surface area contributed by atoms with Crippen molar-refractivity contribution >= 4 is 17.8 Å². The number of aromatic nitrogens is 2. The number of hydrogen-bond acceptors (Lipinski definition) is 7. The van der Waals surface area contributed by atoms with Crippen LogP contribution < -0.4 is 15.0 Å². The molecule has 0 amide bonds. The van der Waals surface area contributed by atoms with Gasteiger partial charge in [-0.15, -0.1) is 0 Å². The molecule has 0 atom stereocenters. The molecular formula is C16H15N3O6. The van der Waals surface area contributed by atoms with Crippen molar-refractivity contribution in [2.24, 2.45) is 0 Å². The second-order valence-corrected chi connectivity index (χ2v) is 4.72. The van der Waals surface area contributed by atoms with Crippen molar-refractivity contribution in [3.8, 4) is 17.4 Å². The Hall–Kier alpha value is -3.62. The minimum absolute atomic E-state index is 0.0287.